The average Bonchev–Trinajstić information content (AvgIpc) is 2.24. The molecule has 0 aliphatic heterocycles. The van der Waals surface area contributed by atoms with E-state index in [1.54, 1.807) is 0 Å². The summed E-state index contributed by atoms with van der Waals surface area (Å²) >= 11 is 0. The summed E-state index contributed by atoms with van der Waals surface area (Å²) in [7, 11) is 0. The quantitative estimate of drug-likeness (QED) is 0.822. The highest BCUT2D eigenvalue weighted by molar-refractivity contribution is 5.92. The molecule has 1 unspecified atom stereocenters. The smallest absolute Gasteiger partial charge is 0.225 e. The molecule has 17 heavy (non-hydrogen) atoms. The minimum Gasteiger partial charge on any atom is -0.326 e. The molecule has 3 heteroatoms. The van der Waals surface area contributed by atoms with Crippen LogP contribution in [0.1, 0.15) is 31.4 Å². The summed E-state index contributed by atoms with van der Waals surface area (Å²) in [6.45, 7) is 8.97. The highest BCUT2D eigenvalue weighted by Crippen LogP contribution is 2.19. The molecule has 1 aromatic carbocycles. The van der Waals surface area contributed by atoms with E-state index in [4.69, 9.17) is 0 Å². The Labute approximate surface area is 104 Å². The molecule has 2 N–H and O–H groups in total. The van der Waals surface area contributed by atoms with Crippen LogP contribution in [0, 0.1) is 13.8 Å². The second-order valence-electron chi connectivity index (χ2n) is 4.48. The van der Waals surface area contributed by atoms with Gasteiger partial charge in [-0.15, -0.1) is 0 Å². The first kappa shape index (κ1) is 13.7. The fraction of sp³-hybridized carbons (Fsp3) is 0.500. The maximum atomic E-state index is 11.9. The molecule has 0 spiro atoms. The summed E-state index contributed by atoms with van der Waals surface area (Å²) in [6.07, 6.45) is 0.502. The van der Waals surface area contributed by atoms with Crippen molar-refractivity contribution in [3.8, 4) is 0 Å². The Morgan fingerprint density at radius 1 is 1.29 bits per heavy atom. The van der Waals surface area contributed by atoms with Crippen molar-refractivity contribution < 1.29 is 4.79 Å². The van der Waals surface area contributed by atoms with Gasteiger partial charge in [0, 0.05) is 18.2 Å². The van der Waals surface area contributed by atoms with Crippen molar-refractivity contribution in [2.45, 2.75) is 40.2 Å². The van der Waals surface area contributed by atoms with Crippen LogP contribution < -0.4 is 10.6 Å². The van der Waals surface area contributed by atoms with Gasteiger partial charge >= 0.3 is 0 Å². The molecule has 0 radical (unpaired) electrons. The Kier molecular flexibility index (Phi) is 5.16. The molecule has 3 nitrogen and oxygen atoms in total. The molecule has 0 heterocycles. The molecule has 0 bridgehead atoms. The van der Waals surface area contributed by atoms with Crippen molar-refractivity contribution in [1.29, 1.82) is 0 Å². The van der Waals surface area contributed by atoms with Crippen LogP contribution >= 0.6 is 0 Å². The molecule has 94 valence electrons. The molecule has 0 saturated carbocycles. The van der Waals surface area contributed by atoms with Crippen LogP contribution in [0.2, 0.25) is 0 Å². The van der Waals surface area contributed by atoms with Gasteiger partial charge in [-0.25, -0.2) is 0 Å². The Morgan fingerprint density at radius 3 is 2.41 bits per heavy atom. The number of amides is 1. The number of rotatable bonds is 5. The number of carbonyl (C=O) groups excluding carboxylic acids is 1. The van der Waals surface area contributed by atoms with Gasteiger partial charge in [0.1, 0.15) is 0 Å². The third-order valence-corrected chi connectivity index (χ3v) is 2.79. The van der Waals surface area contributed by atoms with Gasteiger partial charge in [0.2, 0.25) is 5.91 Å². The number of anilines is 1. The fourth-order valence-electron chi connectivity index (χ4n) is 1.90. The fourth-order valence-corrected chi connectivity index (χ4v) is 1.90. The Hall–Kier alpha value is -1.35. The van der Waals surface area contributed by atoms with Crippen LogP contribution in [0.4, 0.5) is 5.69 Å². The highest BCUT2D eigenvalue weighted by Gasteiger charge is 2.10. The first-order valence-corrected chi connectivity index (χ1v) is 6.14. The lowest BCUT2D eigenvalue weighted by molar-refractivity contribution is -0.116. The van der Waals surface area contributed by atoms with Gasteiger partial charge in [-0.1, -0.05) is 25.1 Å². The van der Waals surface area contributed by atoms with Gasteiger partial charge in [-0.05, 0) is 38.4 Å². The van der Waals surface area contributed by atoms with Gasteiger partial charge in [0.25, 0.3) is 0 Å². The zero-order valence-corrected chi connectivity index (χ0v) is 11.1. The van der Waals surface area contributed by atoms with E-state index in [-0.39, 0.29) is 11.9 Å². The van der Waals surface area contributed by atoms with E-state index in [1.165, 1.54) is 0 Å². The van der Waals surface area contributed by atoms with E-state index in [9.17, 15) is 4.79 Å². The molecule has 0 aromatic heterocycles. The number of carbonyl (C=O) groups is 1. The summed E-state index contributed by atoms with van der Waals surface area (Å²) in [5.41, 5.74) is 3.16. The molecule has 0 fully saturated rings. The van der Waals surface area contributed by atoms with Crippen LogP contribution in [0.5, 0.6) is 0 Å². The van der Waals surface area contributed by atoms with Gasteiger partial charge in [-0.3, -0.25) is 4.79 Å². The second kappa shape index (κ2) is 6.40. The predicted octanol–water partition coefficient (Wildman–Crippen LogP) is 2.63. The molecule has 0 aliphatic carbocycles. The summed E-state index contributed by atoms with van der Waals surface area (Å²) in [5.74, 6) is 0.0656. The van der Waals surface area contributed by atoms with Crippen molar-refractivity contribution in [3.05, 3.63) is 29.3 Å². The number of aryl methyl sites for hydroxylation is 2. The maximum Gasteiger partial charge on any atom is 0.225 e. The molecule has 1 aromatic rings. The standard InChI is InChI=1S/C14H22N2O/c1-5-15-12(4)9-13(17)16-14-10(2)7-6-8-11(14)3/h6-8,12,15H,5,9H2,1-4H3,(H,16,17). The van der Waals surface area contributed by atoms with Gasteiger partial charge in [0.15, 0.2) is 0 Å². The largest absolute Gasteiger partial charge is 0.326 e. The molecule has 0 saturated heterocycles. The number of hydrogen-bond donors (Lipinski definition) is 2. The van der Waals surface area contributed by atoms with Crippen molar-refractivity contribution in [3.63, 3.8) is 0 Å². The van der Waals surface area contributed by atoms with Gasteiger partial charge in [-0.2, -0.15) is 0 Å². The normalized spacial score (nSPS) is 12.2. The topological polar surface area (TPSA) is 41.1 Å². The number of hydrogen-bond acceptors (Lipinski definition) is 2. The van der Waals surface area contributed by atoms with E-state index >= 15 is 0 Å². The minimum atomic E-state index is 0.0656. The van der Waals surface area contributed by atoms with Gasteiger partial charge < -0.3 is 10.6 Å². The average molecular weight is 234 g/mol. The first-order valence-electron chi connectivity index (χ1n) is 6.14. The van der Waals surface area contributed by atoms with Crippen LogP contribution in [0.3, 0.4) is 0 Å². The molecular formula is C14H22N2O. The zero-order chi connectivity index (χ0) is 12.8. The monoisotopic (exact) mass is 234 g/mol. The molecule has 1 amide bonds. The first-order chi connectivity index (χ1) is 8.04. The predicted molar refractivity (Wildman–Crippen MR) is 72.3 cm³/mol. The van der Waals surface area contributed by atoms with Crippen LogP contribution in [0.25, 0.3) is 0 Å². The van der Waals surface area contributed by atoms with E-state index < -0.39 is 0 Å². The molecule has 0 aliphatic rings. The Balaban J connectivity index is 2.62. The maximum absolute atomic E-state index is 11.9. The summed E-state index contributed by atoms with van der Waals surface area (Å²) in [6, 6.07) is 6.23. The third-order valence-electron chi connectivity index (χ3n) is 2.79. The Bertz CT molecular complexity index is 368. The Morgan fingerprint density at radius 2 is 1.88 bits per heavy atom. The lowest BCUT2D eigenvalue weighted by Gasteiger charge is -2.14. The second-order valence-corrected chi connectivity index (χ2v) is 4.48. The third kappa shape index (κ3) is 4.19. The molecular weight excluding hydrogens is 212 g/mol. The minimum absolute atomic E-state index is 0.0656. The van der Waals surface area contributed by atoms with Crippen LogP contribution in [-0.2, 0) is 4.79 Å². The lowest BCUT2D eigenvalue weighted by atomic mass is 10.1. The lowest BCUT2D eigenvalue weighted by Crippen LogP contribution is -2.30. The van der Waals surface area contributed by atoms with Crippen LogP contribution in [0.15, 0.2) is 18.2 Å². The zero-order valence-electron chi connectivity index (χ0n) is 11.1. The molecule has 1 atom stereocenters. The van der Waals surface area contributed by atoms with Gasteiger partial charge in [0.05, 0.1) is 0 Å². The SMILES string of the molecule is CCNC(C)CC(=O)Nc1c(C)cccc1C. The van der Waals surface area contributed by atoms with E-state index in [0.717, 1.165) is 23.4 Å². The number of nitrogens with one attached hydrogen (secondary N) is 2. The summed E-state index contributed by atoms with van der Waals surface area (Å²) < 4.78 is 0. The van der Waals surface area contributed by atoms with E-state index in [0.29, 0.717) is 6.42 Å². The van der Waals surface area contributed by atoms with E-state index in [1.807, 2.05) is 45.9 Å². The summed E-state index contributed by atoms with van der Waals surface area (Å²) in [4.78, 5) is 11.9. The number of benzene rings is 1. The van der Waals surface area contributed by atoms with Crippen LogP contribution in [-0.4, -0.2) is 18.5 Å². The van der Waals surface area contributed by atoms with E-state index in [2.05, 4.69) is 10.6 Å². The van der Waals surface area contributed by atoms with Crippen molar-refractivity contribution in [2.75, 3.05) is 11.9 Å². The summed E-state index contributed by atoms with van der Waals surface area (Å²) in [5, 5.41) is 6.22. The highest BCUT2D eigenvalue weighted by atomic mass is 16.1. The van der Waals surface area contributed by atoms with Crippen molar-refractivity contribution in [2.24, 2.45) is 0 Å². The van der Waals surface area contributed by atoms with Crippen molar-refractivity contribution >= 4 is 11.6 Å². The molecule has 1 rings (SSSR count). The van der Waals surface area contributed by atoms with Crippen molar-refractivity contribution in [1.82, 2.24) is 5.32 Å². The number of para-hydroxylation sites is 1.